The van der Waals surface area contributed by atoms with Crippen LogP contribution < -0.4 is 9.47 Å². The molecule has 0 aromatic heterocycles. The second-order valence-electron chi connectivity index (χ2n) is 6.61. The minimum atomic E-state index is -0.108. The molecule has 1 aliphatic rings. The molecule has 0 N–H and O–H groups in total. The van der Waals surface area contributed by atoms with Crippen LogP contribution >= 0.6 is 22.6 Å². The highest BCUT2D eigenvalue weighted by Gasteiger charge is 2.25. The third-order valence-electron chi connectivity index (χ3n) is 4.67. The highest BCUT2D eigenvalue weighted by molar-refractivity contribution is 14.1. The Morgan fingerprint density at radius 2 is 1.78 bits per heavy atom. The van der Waals surface area contributed by atoms with E-state index in [-0.39, 0.29) is 11.9 Å². The van der Waals surface area contributed by atoms with Gasteiger partial charge in [0, 0.05) is 9.99 Å². The van der Waals surface area contributed by atoms with Crippen LogP contribution in [-0.4, -0.2) is 25.8 Å². The summed E-state index contributed by atoms with van der Waals surface area (Å²) in [6, 6.07) is 14.2. The highest BCUT2D eigenvalue weighted by atomic mass is 127. The molecular weight excluding hydrogens is 455 g/mol. The van der Waals surface area contributed by atoms with Gasteiger partial charge in [-0.15, -0.1) is 0 Å². The SMILES string of the molecule is CCOC(=O)C[C@@H]1CCc2cc(OCCCOc3ccc(I)cc3)ccc21. The Morgan fingerprint density at radius 1 is 1.07 bits per heavy atom. The molecule has 144 valence electrons. The van der Waals surface area contributed by atoms with E-state index in [1.165, 1.54) is 14.7 Å². The maximum absolute atomic E-state index is 11.7. The second kappa shape index (κ2) is 9.97. The number of carbonyl (C=O) groups is 1. The molecule has 4 nitrogen and oxygen atoms in total. The largest absolute Gasteiger partial charge is 0.493 e. The quantitative estimate of drug-likeness (QED) is 0.284. The number of hydrogen-bond donors (Lipinski definition) is 0. The molecule has 5 heteroatoms. The van der Waals surface area contributed by atoms with Gasteiger partial charge in [0.25, 0.3) is 0 Å². The van der Waals surface area contributed by atoms with E-state index in [0.29, 0.717) is 26.2 Å². The van der Waals surface area contributed by atoms with E-state index in [4.69, 9.17) is 14.2 Å². The molecule has 0 aliphatic heterocycles. The maximum Gasteiger partial charge on any atom is 0.306 e. The van der Waals surface area contributed by atoms with Gasteiger partial charge in [-0.05, 0) is 95.8 Å². The van der Waals surface area contributed by atoms with E-state index in [0.717, 1.165) is 30.8 Å². The molecule has 0 saturated heterocycles. The molecule has 27 heavy (non-hydrogen) atoms. The first kappa shape index (κ1) is 20.0. The zero-order chi connectivity index (χ0) is 19.1. The molecule has 0 radical (unpaired) electrons. The van der Waals surface area contributed by atoms with Gasteiger partial charge in [-0.3, -0.25) is 4.79 Å². The van der Waals surface area contributed by atoms with E-state index in [1.807, 2.05) is 37.3 Å². The van der Waals surface area contributed by atoms with Crippen LogP contribution in [0.15, 0.2) is 42.5 Å². The molecule has 0 bridgehead atoms. The molecule has 3 rings (SSSR count). The van der Waals surface area contributed by atoms with Crippen molar-refractivity contribution >= 4 is 28.6 Å². The number of benzene rings is 2. The lowest BCUT2D eigenvalue weighted by Crippen LogP contribution is -2.08. The number of ether oxygens (including phenoxy) is 3. The standard InChI is InChI=1S/C22H25IO4/c1-2-25-22(24)15-17-5-4-16-14-20(10-11-21(16)17)27-13-3-12-26-19-8-6-18(23)7-9-19/h6-11,14,17H,2-5,12-13,15H2,1H3/t17-/m0/s1. The van der Waals surface area contributed by atoms with Crippen LogP contribution in [0.4, 0.5) is 0 Å². The smallest absolute Gasteiger partial charge is 0.306 e. The Bertz CT molecular complexity index is 757. The molecule has 0 amide bonds. The van der Waals surface area contributed by atoms with Crippen molar-refractivity contribution in [2.24, 2.45) is 0 Å². The lowest BCUT2D eigenvalue weighted by Gasteiger charge is -2.12. The molecule has 0 heterocycles. The summed E-state index contributed by atoms with van der Waals surface area (Å²) in [5.74, 6) is 1.94. The lowest BCUT2D eigenvalue weighted by atomic mass is 9.98. The van der Waals surface area contributed by atoms with Crippen molar-refractivity contribution in [1.82, 2.24) is 0 Å². The first-order valence-corrected chi connectivity index (χ1v) is 10.5. The van der Waals surface area contributed by atoms with Crippen molar-refractivity contribution in [2.45, 2.75) is 38.5 Å². The Labute approximate surface area is 174 Å². The molecule has 2 aromatic rings. The zero-order valence-corrected chi connectivity index (χ0v) is 17.7. The number of rotatable bonds is 9. The first-order chi connectivity index (χ1) is 13.2. The molecule has 0 spiro atoms. The normalized spacial score (nSPS) is 15.3. The van der Waals surface area contributed by atoms with Gasteiger partial charge < -0.3 is 14.2 Å². The molecule has 2 aromatic carbocycles. The summed E-state index contributed by atoms with van der Waals surface area (Å²) in [5.41, 5.74) is 2.55. The van der Waals surface area contributed by atoms with Crippen molar-refractivity contribution in [3.63, 3.8) is 0 Å². The Kier molecular flexibility index (Phi) is 7.38. The van der Waals surface area contributed by atoms with E-state index < -0.39 is 0 Å². The third-order valence-corrected chi connectivity index (χ3v) is 5.39. The zero-order valence-electron chi connectivity index (χ0n) is 15.6. The Morgan fingerprint density at radius 3 is 2.52 bits per heavy atom. The summed E-state index contributed by atoms with van der Waals surface area (Å²) in [7, 11) is 0. The molecular formula is C22H25IO4. The number of carbonyl (C=O) groups excluding carboxylic acids is 1. The van der Waals surface area contributed by atoms with Crippen LogP contribution in [0.5, 0.6) is 11.5 Å². The van der Waals surface area contributed by atoms with Gasteiger partial charge >= 0.3 is 5.97 Å². The molecule has 0 saturated carbocycles. The monoisotopic (exact) mass is 480 g/mol. The van der Waals surface area contributed by atoms with Crippen molar-refractivity contribution in [1.29, 1.82) is 0 Å². The summed E-state index contributed by atoms with van der Waals surface area (Å²) in [4.78, 5) is 11.7. The summed E-state index contributed by atoms with van der Waals surface area (Å²) in [6.07, 6.45) is 3.29. The number of fused-ring (bicyclic) bond motifs is 1. The third kappa shape index (κ3) is 5.86. The van der Waals surface area contributed by atoms with Gasteiger partial charge in [0.05, 0.1) is 26.2 Å². The van der Waals surface area contributed by atoms with Crippen LogP contribution in [-0.2, 0) is 16.0 Å². The van der Waals surface area contributed by atoms with Gasteiger partial charge in [0.15, 0.2) is 0 Å². The fourth-order valence-electron chi connectivity index (χ4n) is 3.37. The average Bonchev–Trinajstić information content (AvgIpc) is 3.05. The fourth-order valence-corrected chi connectivity index (χ4v) is 3.73. The van der Waals surface area contributed by atoms with Crippen molar-refractivity contribution < 1.29 is 19.0 Å². The van der Waals surface area contributed by atoms with E-state index in [1.54, 1.807) is 0 Å². The number of aryl methyl sites for hydroxylation is 1. The Balaban J connectivity index is 1.43. The van der Waals surface area contributed by atoms with Crippen molar-refractivity contribution in [3.8, 4) is 11.5 Å². The fraction of sp³-hybridized carbons (Fsp3) is 0.409. The van der Waals surface area contributed by atoms with E-state index in [2.05, 4.69) is 34.7 Å². The Hall–Kier alpha value is -1.76. The van der Waals surface area contributed by atoms with Crippen molar-refractivity contribution in [2.75, 3.05) is 19.8 Å². The molecule has 0 unspecified atom stereocenters. The number of esters is 1. The lowest BCUT2D eigenvalue weighted by molar-refractivity contribution is -0.143. The predicted molar refractivity (Wildman–Crippen MR) is 114 cm³/mol. The maximum atomic E-state index is 11.7. The van der Waals surface area contributed by atoms with Gasteiger partial charge in [0.2, 0.25) is 0 Å². The topological polar surface area (TPSA) is 44.8 Å². The van der Waals surface area contributed by atoms with E-state index in [9.17, 15) is 4.79 Å². The van der Waals surface area contributed by atoms with Crippen LogP contribution in [0.2, 0.25) is 0 Å². The second-order valence-corrected chi connectivity index (χ2v) is 7.86. The van der Waals surface area contributed by atoms with Crippen LogP contribution in [0.1, 0.15) is 43.2 Å². The minimum Gasteiger partial charge on any atom is -0.493 e. The van der Waals surface area contributed by atoms with Crippen LogP contribution in [0, 0.1) is 3.57 Å². The summed E-state index contributed by atoms with van der Waals surface area (Å²) >= 11 is 2.28. The van der Waals surface area contributed by atoms with Crippen molar-refractivity contribution in [3.05, 3.63) is 57.2 Å². The summed E-state index contributed by atoms with van der Waals surface area (Å²) in [5, 5.41) is 0. The first-order valence-electron chi connectivity index (χ1n) is 9.45. The molecule has 1 aliphatic carbocycles. The number of halogens is 1. The summed E-state index contributed by atoms with van der Waals surface area (Å²) < 4.78 is 17.9. The van der Waals surface area contributed by atoms with Gasteiger partial charge in [-0.25, -0.2) is 0 Å². The molecule has 0 fully saturated rings. The summed E-state index contributed by atoms with van der Waals surface area (Å²) in [6.45, 7) is 3.54. The number of hydrogen-bond acceptors (Lipinski definition) is 4. The van der Waals surface area contributed by atoms with Gasteiger partial charge in [-0.2, -0.15) is 0 Å². The molecule has 1 atom stereocenters. The minimum absolute atomic E-state index is 0.108. The average molecular weight is 480 g/mol. The van der Waals surface area contributed by atoms with Gasteiger partial charge in [-0.1, -0.05) is 6.07 Å². The highest BCUT2D eigenvalue weighted by Crippen LogP contribution is 2.37. The van der Waals surface area contributed by atoms with E-state index >= 15 is 0 Å². The predicted octanol–water partition coefficient (Wildman–Crippen LogP) is 5.12. The van der Waals surface area contributed by atoms with Crippen LogP contribution in [0.3, 0.4) is 0 Å². The van der Waals surface area contributed by atoms with Gasteiger partial charge in [0.1, 0.15) is 11.5 Å². The van der Waals surface area contributed by atoms with Crippen LogP contribution in [0.25, 0.3) is 0 Å².